The van der Waals surface area contributed by atoms with E-state index in [0.717, 1.165) is 0 Å². The molecule has 0 saturated carbocycles. The molecular formula is C7H7N2O2S. The van der Waals surface area contributed by atoms with E-state index in [2.05, 4.69) is 11.1 Å². The Bertz CT molecular complexity index is 301. The Labute approximate surface area is 73.0 Å². The highest BCUT2D eigenvalue weighted by molar-refractivity contribution is 7.90. The van der Waals surface area contributed by atoms with E-state index in [1.54, 1.807) is 0 Å². The molecule has 0 aromatic carbocycles. The Morgan fingerprint density at radius 3 is 3.00 bits per heavy atom. The fourth-order valence-corrected chi connectivity index (χ4v) is 1.14. The van der Waals surface area contributed by atoms with Crippen LogP contribution in [0.5, 0.6) is 0 Å². The Balaban J connectivity index is 3.04. The van der Waals surface area contributed by atoms with Crippen molar-refractivity contribution in [1.82, 2.24) is 4.98 Å². The van der Waals surface area contributed by atoms with Gasteiger partial charge in [-0.15, -0.1) is 0 Å². The summed E-state index contributed by atoms with van der Waals surface area (Å²) in [6.45, 7) is 0. The van der Waals surface area contributed by atoms with Gasteiger partial charge in [-0.3, -0.25) is 4.79 Å². The van der Waals surface area contributed by atoms with Crippen LogP contribution in [0.4, 0.5) is 0 Å². The number of amides is 1. The van der Waals surface area contributed by atoms with E-state index in [1.165, 1.54) is 18.4 Å². The minimum atomic E-state index is -1.19. The van der Waals surface area contributed by atoms with Gasteiger partial charge in [0.15, 0.2) is 0 Å². The highest BCUT2D eigenvalue weighted by Crippen LogP contribution is 2.04. The quantitative estimate of drug-likeness (QED) is 0.640. The fourth-order valence-electron chi connectivity index (χ4n) is 0.658. The Morgan fingerprint density at radius 1 is 1.83 bits per heavy atom. The summed E-state index contributed by atoms with van der Waals surface area (Å²) < 4.78 is 10.9. The second-order valence-corrected chi connectivity index (χ2v) is 3.42. The molecule has 4 nitrogen and oxygen atoms in total. The average Bonchev–Trinajstić information content (AvgIpc) is 2.04. The van der Waals surface area contributed by atoms with Gasteiger partial charge in [0, 0.05) is 23.3 Å². The van der Waals surface area contributed by atoms with Gasteiger partial charge in [0.2, 0.25) is 5.03 Å². The average molecular weight is 183 g/mol. The van der Waals surface area contributed by atoms with Gasteiger partial charge in [0.1, 0.15) is 11.9 Å². The summed E-state index contributed by atoms with van der Waals surface area (Å²) in [4.78, 5) is 14.3. The number of carbonyl (C=O) groups is 1. The van der Waals surface area contributed by atoms with Crippen LogP contribution in [0, 0.1) is 6.07 Å². The molecule has 0 aliphatic heterocycles. The number of hydrogen-bond donors (Lipinski definition) is 1. The second-order valence-electron chi connectivity index (χ2n) is 2.09. The van der Waals surface area contributed by atoms with Crippen molar-refractivity contribution in [3.05, 3.63) is 23.9 Å². The van der Waals surface area contributed by atoms with Crippen LogP contribution in [-0.4, -0.2) is 21.7 Å². The molecule has 1 radical (unpaired) electrons. The van der Waals surface area contributed by atoms with Crippen LogP contribution in [0.2, 0.25) is 0 Å². The molecule has 0 aliphatic carbocycles. The lowest BCUT2D eigenvalue weighted by atomic mass is 10.3. The van der Waals surface area contributed by atoms with Gasteiger partial charge in [-0.1, -0.05) is 0 Å². The molecule has 1 heterocycles. The van der Waals surface area contributed by atoms with E-state index < -0.39 is 17.1 Å². The monoisotopic (exact) mass is 183 g/mol. The van der Waals surface area contributed by atoms with E-state index in [9.17, 15) is 9.35 Å². The van der Waals surface area contributed by atoms with Gasteiger partial charge in [0.05, 0.1) is 0 Å². The number of aromatic nitrogens is 1. The zero-order chi connectivity index (χ0) is 9.14. The van der Waals surface area contributed by atoms with Gasteiger partial charge in [0.25, 0.3) is 5.91 Å². The third kappa shape index (κ3) is 1.96. The van der Waals surface area contributed by atoms with Crippen LogP contribution in [0.15, 0.2) is 17.2 Å². The second kappa shape index (κ2) is 3.55. The normalized spacial score (nSPS) is 12.5. The summed E-state index contributed by atoms with van der Waals surface area (Å²) in [6, 6.07) is 5.55. The summed E-state index contributed by atoms with van der Waals surface area (Å²) in [5.41, 5.74) is 4.97. The summed E-state index contributed by atoms with van der Waals surface area (Å²) >= 11 is -1.19. The van der Waals surface area contributed by atoms with Crippen molar-refractivity contribution in [1.29, 1.82) is 0 Å². The van der Waals surface area contributed by atoms with Crippen molar-refractivity contribution in [3.63, 3.8) is 0 Å². The molecule has 0 saturated heterocycles. The maximum Gasteiger partial charge on any atom is 0.268 e. The predicted molar refractivity (Wildman–Crippen MR) is 43.9 cm³/mol. The van der Waals surface area contributed by atoms with Gasteiger partial charge < -0.3 is 10.3 Å². The molecule has 5 heteroatoms. The van der Waals surface area contributed by atoms with Crippen LogP contribution in [0.25, 0.3) is 0 Å². The Hall–Kier alpha value is -1.07. The number of rotatable bonds is 2. The van der Waals surface area contributed by atoms with Crippen LogP contribution in [0.1, 0.15) is 10.5 Å². The Morgan fingerprint density at radius 2 is 2.50 bits per heavy atom. The number of carbonyl (C=O) groups excluding carboxylic acids is 1. The van der Waals surface area contributed by atoms with Crippen molar-refractivity contribution in [2.24, 2.45) is 5.73 Å². The molecule has 0 fully saturated rings. The Kier molecular flexibility index (Phi) is 2.67. The van der Waals surface area contributed by atoms with Crippen LogP contribution >= 0.6 is 0 Å². The number of primary amides is 1. The number of nitrogens with zero attached hydrogens (tertiary/aromatic N) is 1. The van der Waals surface area contributed by atoms with Crippen LogP contribution < -0.4 is 5.73 Å². The molecule has 1 amide bonds. The van der Waals surface area contributed by atoms with Crippen molar-refractivity contribution in [2.75, 3.05) is 6.26 Å². The molecular weight excluding hydrogens is 176 g/mol. The van der Waals surface area contributed by atoms with Gasteiger partial charge >= 0.3 is 0 Å². The maximum absolute atomic E-state index is 10.9. The van der Waals surface area contributed by atoms with E-state index >= 15 is 0 Å². The minimum Gasteiger partial charge on any atom is -0.610 e. The zero-order valence-corrected chi connectivity index (χ0v) is 7.22. The lowest BCUT2D eigenvalue weighted by Crippen LogP contribution is -2.14. The fraction of sp³-hybridized carbons (Fsp3) is 0.143. The number of hydrogen-bond acceptors (Lipinski definition) is 3. The maximum atomic E-state index is 10.9. The molecule has 1 rings (SSSR count). The van der Waals surface area contributed by atoms with Crippen LogP contribution in [-0.2, 0) is 11.2 Å². The third-order valence-electron chi connectivity index (χ3n) is 1.20. The lowest BCUT2D eigenvalue weighted by Gasteiger charge is -2.02. The van der Waals surface area contributed by atoms with Crippen molar-refractivity contribution < 1.29 is 9.35 Å². The van der Waals surface area contributed by atoms with Crippen molar-refractivity contribution >= 4 is 17.1 Å². The summed E-state index contributed by atoms with van der Waals surface area (Å²) in [7, 11) is 0. The van der Waals surface area contributed by atoms with E-state index in [0.29, 0.717) is 5.03 Å². The first-order valence-electron chi connectivity index (χ1n) is 3.13. The smallest absolute Gasteiger partial charge is 0.268 e. The molecule has 12 heavy (non-hydrogen) atoms. The molecule has 1 atom stereocenters. The largest absolute Gasteiger partial charge is 0.610 e. The van der Waals surface area contributed by atoms with E-state index in [-0.39, 0.29) is 5.69 Å². The van der Waals surface area contributed by atoms with Gasteiger partial charge in [-0.25, -0.2) is 0 Å². The van der Waals surface area contributed by atoms with Crippen molar-refractivity contribution in [2.45, 2.75) is 5.03 Å². The highest BCUT2D eigenvalue weighted by Gasteiger charge is 2.09. The molecule has 63 valence electrons. The summed E-state index contributed by atoms with van der Waals surface area (Å²) in [5.74, 6) is -0.665. The van der Waals surface area contributed by atoms with Gasteiger partial charge in [-0.05, 0) is 6.07 Å². The highest BCUT2D eigenvalue weighted by atomic mass is 32.2. The topological polar surface area (TPSA) is 79.0 Å². The van der Waals surface area contributed by atoms with Gasteiger partial charge in [-0.2, -0.15) is 4.98 Å². The van der Waals surface area contributed by atoms with E-state index in [1.807, 2.05) is 0 Å². The molecule has 0 bridgehead atoms. The predicted octanol–water partition coefficient (Wildman–Crippen LogP) is -0.282. The third-order valence-corrected chi connectivity index (χ3v) is 2.01. The summed E-state index contributed by atoms with van der Waals surface area (Å²) in [6.07, 6.45) is 1.48. The number of pyridine rings is 1. The molecule has 2 N–H and O–H groups in total. The molecule has 1 unspecified atom stereocenters. The first kappa shape index (κ1) is 9.02. The zero-order valence-electron chi connectivity index (χ0n) is 6.40. The SMILES string of the molecule is C[S+]([O-])c1cc[c]c(C(N)=O)n1. The molecule has 1 aromatic heterocycles. The minimum absolute atomic E-state index is 0.0164. The standard InChI is InChI=1S/C7H7N2O2S/c1-12(11)6-4-2-3-5(9-6)7(8)10/h2,4H,1H3,(H2,8,10). The summed E-state index contributed by atoms with van der Waals surface area (Å²) in [5, 5.41) is 0.336. The molecule has 0 spiro atoms. The molecule has 1 aromatic rings. The first-order valence-corrected chi connectivity index (χ1v) is 4.69. The van der Waals surface area contributed by atoms with Crippen molar-refractivity contribution in [3.8, 4) is 0 Å². The lowest BCUT2D eigenvalue weighted by molar-refractivity contribution is 0.0994. The van der Waals surface area contributed by atoms with Crippen LogP contribution in [0.3, 0.4) is 0 Å². The van der Waals surface area contributed by atoms with E-state index in [4.69, 9.17) is 5.73 Å². The molecule has 0 aliphatic rings. The number of nitrogens with two attached hydrogens (primary N) is 1. The first-order chi connectivity index (χ1) is 5.61.